The lowest BCUT2D eigenvalue weighted by molar-refractivity contribution is 0.695. The Balaban J connectivity index is 1.60. The summed E-state index contributed by atoms with van der Waals surface area (Å²) in [5.41, 5.74) is 7.54. The van der Waals surface area contributed by atoms with Crippen LogP contribution >= 0.6 is 0 Å². The lowest BCUT2D eigenvalue weighted by atomic mass is 10.0. The number of rotatable bonds is 8. The molecule has 160 valence electrons. The molecule has 5 nitrogen and oxygen atoms in total. The van der Waals surface area contributed by atoms with Crippen molar-refractivity contribution in [3.05, 3.63) is 84.5 Å². The lowest BCUT2D eigenvalue weighted by Gasteiger charge is -2.22. The Hall–Kier alpha value is -3.34. The summed E-state index contributed by atoms with van der Waals surface area (Å²) in [6, 6.07) is 0. The van der Waals surface area contributed by atoms with Crippen LogP contribution in [0.1, 0.15) is 45.1 Å². The molecule has 2 aromatic heterocycles. The van der Waals surface area contributed by atoms with Gasteiger partial charge < -0.3 is 10.6 Å². The number of hydrogen-bond acceptors (Lipinski definition) is 4. The number of hydrogen-bond donors (Lipinski definition) is 2. The van der Waals surface area contributed by atoms with Gasteiger partial charge in [0.1, 0.15) is 0 Å². The predicted octanol–water partition coefficient (Wildman–Crippen LogP) is 5.34. The van der Waals surface area contributed by atoms with Crippen LogP contribution in [0, 0.1) is 0 Å². The first-order valence-electron chi connectivity index (χ1n) is 10.8. The molecule has 4 rings (SSSR count). The molecule has 0 saturated heterocycles. The molecule has 0 aromatic carbocycles. The molecule has 0 unspecified atom stereocenters. The number of fused-ring (bicyclic) bond motifs is 1. The van der Waals surface area contributed by atoms with Crippen molar-refractivity contribution in [2.45, 2.75) is 45.1 Å². The molecule has 2 N–H and O–H groups in total. The third-order valence-corrected chi connectivity index (χ3v) is 6.22. The fraction of sp³-hybridized carbons (Fsp3) is 0.308. The third kappa shape index (κ3) is 4.13. The number of aromatic nitrogens is 3. The molecule has 2 heterocycles. The highest BCUT2D eigenvalue weighted by molar-refractivity contribution is 5.91. The van der Waals surface area contributed by atoms with Crippen LogP contribution in [0.3, 0.4) is 0 Å². The summed E-state index contributed by atoms with van der Waals surface area (Å²) >= 11 is 0. The van der Waals surface area contributed by atoms with E-state index in [-0.39, 0.29) is 5.54 Å². The zero-order valence-corrected chi connectivity index (χ0v) is 18.7. The van der Waals surface area contributed by atoms with Gasteiger partial charge in [0.15, 0.2) is 0 Å². The number of nitrogens with zero attached hydrogens (tertiary/aromatic N) is 3. The van der Waals surface area contributed by atoms with Crippen molar-refractivity contribution >= 4 is 22.3 Å². The van der Waals surface area contributed by atoms with Gasteiger partial charge in [-0.15, -0.1) is 0 Å². The maximum Gasteiger partial charge on any atom is 0.0927 e. The molecule has 5 heteroatoms. The first-order chi connectivity index (χ1) is 15.0. The smallest absolute Gasteiger partial charge is 0.0927 e. The number of allylic oxidation sites excluding steroid dienone is 6. The Labute approximate surface area is 184 Å². The summed E-state index contributed by atoms with van der Waals surface area (Å²) in [7, 11) is 1.88. The average Bonchev–Trinajstić information content (AvgIpc) is 3.42. The van der Waals surface area contributed by atoms with E-state index in [0.29, 0.717) is 0 Å². The van der Waals surface area contributed by atoms with Crippen molar-refractivity contribution in [3.8, 4) is 0 Å². The van der Waals surface area contributed by atoms with Crippen LogP contribution in [0.4, 0.5) is 0 Å². The molecule has 0 aliphatic heterocycles. The van der Waals surface area contributed by atoms with Crippen molar-refractivity contribution in [2.75, 3.05) is 7.05 Å². The zero-order valence-electron chi connectivity index (χ0n) is 18.7. The lowest BCUT2D eigenvalue weighted by Crippen LogP contribution is -2.31. The second kappa shape index (κ2) is 8.42. The summed E-state index contributed by atoms with van der Waals surface area (Å²) in [5.74, 6) is 0. The van der Waals surface area contributed by atoms with Gasteiger partial charge in [0.25, 0.3) is 0 Å². The Morgan fingerprint density at radius 1 is 1.13 bits per heavy atom. The van der Waals surface area contributed by atoms with E-state index in [2.05, 4.69) is 72.0 Å². The van der Waals surface area contributed by atoms with Crippen LogP contribution < -0.4 is 10.6 Å². The van der Waals surface area contributed by atoms with Crippen molar-refractivity contribution < 1.29 is 0 Å². The Morgan fingerprint density at radius 3 is 2.58 bits per heavy atom. The maximum atomic E-state index is 4.68. The van der Waals surface area contributed by atoms with Crippen LogP contribution in [-0.4, -0.2) is 27.4 Å². The Bertz CT molecular complexity index is 1150. The summed E-state index contributed by atoms with van der Waals surface area (Å²) < 4.78 is 2.01. The van der Waals surface area contributed by atoms with Gasteiger partial charge >= 0.3 is 0 Å². The highest BCUT2D eigenvalue weighted by atomic mass is 15.3. The molecular weight excluding hydrogens is 382 g/mol. The maximum absolute atomic E-state index is 4.68. The quantitative estimate of drug-likeness (QED) is 0.574. The van der Waals surface area contributed by atoms with Crippen molar-refractivity contribution in [1.82, 2.24) is 25.4 Å². The Morgan fingerprint density at radius 2 is 1.94 bits per heavy atom. The van der Waals surface area contributed by atoms with Crippen molar-refractivity contribution in [2.24, 2.45) is 0 Å². The molecular formula is C26H31N5. The predicted molar refractivity (Wildman–Crippen MR) is 130 cm³/mol. The minimum atomic E-state index is -0.0806. The van der Waals surface area contributed by atoms with E-state index >= 15 is 0 Å². The van der Waals surface area contributed by atoms with Gasteiger partial charge in [0.05, 0.1) is 23.4 Å². The summed E-state index contributed by atoms with van der Waals surface area (Å²) in [4.78, 5) is 4.51. The van der Waals surface area contributed by atoms with Gasteiger partial charge in [-0.2, -0.15) is 5.10 Å². The van der Waals surface area contributed by atoms with Gasteiger partial charge in [-0.25, -0.2) is 4.68 Å². The summed E-state index contributed by atoms with van der Waals surface area (Å²) in [6.45, 7) is 12.6. The molecule has 0 radical (unpaired) electrons. The third-order valence-electron chi connectivity index (χ3n) is 6.22. The number of pyridine rings is 1. The normalized spacial score (nSPS) is 18.0. The van der Waals surface area contributed by atoms with E-state index in [1.165, 1.54) is 16.8 Å². The standard InChI is InChI=1S/C26H31N5/c1-6-21(10-9-19(3)27-5)26(13-14-26)30-20(4)23-15-28-17-25-24(23)16-29-31(25)22-11-7-18(2)8-12-22/h6-7,9-11,15-17,27,30H,3-4,8,12-14H2,1-2,5H3/b10-9-,21-6+. The molecule has 0 amide bonds. The molecule has 2 aliphatic carbocycles. The second-order valence-electron chi connectivity index (χ2n) is 8.39. The van der Waals surface area contributed by atoms with Crippen LogP contribution in [0.15, 0.2) is 79.0 Å². The molecule has 31 heavy (non-hydrogen) atoms. The molecule has 0 spiro atoms. The van der Waals surface area contributed by atoms with E-state index in [1.807, 2.05) is 36.4 Å². The van der Waals surface area contributed by atoms with Crippen molar-refractivity contribution in [3.63, 3.8) is 0 Å². The van der Waals surface area contributed by atoms with Gasteiger partial charge in [-0.05, 0) is 57.3 Å². The second-order valence-corrected chi connectivity index (χ2v) is 8.39. The SMILES string of the molecule is C=C(/C=C\C(=C/C)C1(NC(=C)c2cncc3c2cnn3C2=CC=C(C)CC2)CC1)NC. The first-order valence-corrected chi connectivity index (χ1v) is 10.8. The first kappa shape index (κ1) is 20.9. The average molecular weight is 414 g/mol. The van der Waals surface area contributed by atoms with E-state index < -0.39 is 0 Å². The van der Waals surface area contributed by atoms with Crippen LogP contribution in [0.25, 0.3) is 22.3 Å². The van der Waals surface area contributed by atoms with Crippen molar-refractivity contribution in [1.29, 1.82) is 0 Å². The molecule has 2 aliphatic rings. The monoisotopic (exact) mass is 413 g/mol. The molecule has 2 aromatic rings. The molecule has 0 atom stereocenters. The minimum Gasteiger partial charge on any atom is -0.389 e. The largest absolute Gasteiger partial charge is 0.389 e. The van der Waals surface area contributed by atoms with E-state index in [4.69, 9.17) is 0 Å². The van der Waals surface area contributed by atoms with Crippen LogP contribution in [0.2, 0.25) is 0 Å². The van der Waals surface area contributed by atoms with E-state index in [0.717, 1.165) is 53.5 Å². The fourth-order valence-corrected chi connectivity index (χ4v) is 4.09. The summed E-state index contributed by atoms with van der Waals surface area (Å²) in [5, 5.41) is 12.5. The van der Waals surface area contributed by atoms with Gasteiger partial charge in [-0.3, -0.25) is 4.98 Å². The highest BCUT2D eigenvalue weighted by Gasteiger charge is 2.45. The molecule has 0 bridgehead atoms. The molecule has 1 saturated carbocycles. The van der Waals surface area contributed by atoms with E-state index in [1.54, 1.807) is 0 Å². The van der Waals surface area contributed by atoms with Crippen LogP contribution in [-0.2, 0) is 0 Å². The molecule has 1 fully saturated rings. The van der Waals surface area contributed by atoms with Gasteiger partial charge in [0, 0.05) is 41.3 Å². The minimum absolute atomic E-state index is 0.0806. The zero-order chi connectivity index (χ0) is 22.0. The van der Waals surface area contributed by atoms with Gasteiger partial charge in [-0.1, -0.05) is 37.0 Å². The van der Waals surface area contributed by atoms with E-state index in [9.17, 15) is 0 Å². The van der Waals surface area contributed by atoms with Gasteiger partial charge in [0.2, 0.25) is 0 Å². The van der Waals surface area contributed by atoms with Crippen LogP contribution in [0.5, 0.6) is 0 Å². The highest BCUT2D eigenvalue weighted by Crippen LogP contribution is 2.44. The summed E-state index contributed by atoms with van der Waals surface area (Å²) in [6.07, 6.45) is 20.5. The fourth-order valence-electron chi connectivity index (χ4n) is 4.09. The Kier molecular flexibility index (Phi) is 5.68. The topological polar surface area (TPSA) is 54.8 Å². The number of likely N-dealkylation sites (N-methyl/N-ethyl adjacent to an activating group) is 1. The number of nitrogens with one attached hydrogen (secondary N) is 2.